The molecule has 0 radical (unpaired) electrons. The molecule has 130 valence electrons. The number of sulfonamides is 1. The molecule has 0 bridgehead atoms. The smallest absolute Gasteiger partial charge is 0.240 e. The first-order chi connectivity index (χ1) is 11.5. The maximum absolute atomic E-state index is 12.1. The molecule has 0 atom stereocenters. The van der Waals surface area contributed by atoms with Crippen LogP contribution in [0, 0.1) is 6.92 Å². The van der Waals surface area contributed by atoms with Gasteiger partial charge in [-0.25, -0.2) is 18.1 Å². The third kappa shape index (κ3) is 5.78. The standard InChI is InChI=1S/C16H22N4O3S/c1-14-3-5-15(6-4-14)24(22,23)19-9-7-16(21)18-8-2-11-20-12-10-17-13-20/h3-6,10,12-13,19H,2,7-9,11H2,1H3,(H,18,21). The minimum absolute atomic E-state index is 0.0730. The van der Waals surface area contributed by atoms with Gasteiger partial charge in [-0.3, -0.25) is 4.79 Å². The van der Waals surface area contributed by atoms with Crippen LogP contribution in [0.1, 0.15) is 18.4 Å². The van der Waals surface area contributed by atoms with Gasteiger partial charge in [0.2, 0.25) is 15.9 Å². The molecule has 0 saturated carbocycles. The summed E-state index contributed by atoms with van der Waals surface area (Å²) in [5, 5.41) is 2.77. The summed E-state index contributed by atoms with van der Waals surface area (Å²) in [5.41, 5.74) is 0.990. The number of hydrogen-bond acceptors (Lipinski definition) is 4. The second-order valence-electron chi connectivity index (χ2n) is 5.46. The summed E-state index contributed by atoms with van der Waals surface area (Å²) < 4.78 is 28.5. The van der Waals surface area contributed by atoms with Gasteiger partial charge < -0.3 is 9.88 Å². The molecule has 8 heteroatoms. The fourth-order valence-electron chi connectivity index (χ4n) is 2.10. The van der Waals surface area contributed by atoms with Crippen LogP contribution in [0.15, 0.2) is 47.9 Å². The average molecular weight is 350 g/mol. The predicted octanol–water partition coefficient (Wildman–Crippen LogP) is 1.07. The number of aromatic nitrogens is 2. The van der Waals surface area contributed by atoms with Crippen LogP contribution >= 0.6 is 0 Å². The fourth-order valence-corrected chi connectivity index (χ4v) is 3.13. The van der Waals surface area contributed by atoms with Crippen molar-refractivity contribution in [1.82, 2.24) is 19.6 Å². The molecule has 0 aliphatic heterocycles. The summed E-state index contributed by atoms with van der Waals surface area (Å²) in [7, 11) is -3.57. The first-order valence-electron chi connectivity index (χ1n) is 7.76. The van der Waals surface area contributed by atoms with E-state index in [-0.39, 0.29) is 23.8 Å². The molecule has 1 heterocycles. The lowest BCUT2D eigenvalue weighted by atomic mass is 10.2. The predicted molar refractivity (Wildman–Crippen MR) is 90.8 cm³/mol. The normalized spacial score (nSPS) is 11.4. The van der Waals surface area contributed by atoms with E-state index < -0.39 is 10.0 Å². The third-order valence-electron chi connectivity index (χ3n) is 3.45. The largest absolute Gasteiger partial charge is 0.356 e. The van der Waals surface area contributed by atoms with E-state index in [1.54, 1.807) is 36.8 Å². The lowest BCUT2D eigenvalue weighted by Gasteiger charge is -2.08. The number of imidazole rings is 1. The highest BCUT2D eigenvalue weighted by molar-refractivity contribution is 7.89. The lowest BCUT2D eigenvalue weighted by Crippen LogP contribution is -2.31. The highest BCUT2D eigenvalue weighted by atomic mass is 32.2. The van der Waals surface area contributed by atoms with Gasteiger partial charge in [0.15, 0.2) is 0 Å². The minimum atomic E-state index is -3.57. The van der Waals surface area contributed by atoms with E-state index in [2.05, 4.69) is 15.0 Å². The van der Waals surface area contributed by atoms with Gasteiger partial charge in [0.25, 0.3) is 0 Å². The Hall–Kier alpha value is -2.19. The van der Waals surface area contributed by atoms with Crippen LogP contribution in [0.4, 0.5) is 0 Å². The van der Waals surface area contributed by atoms with Crippen molar-refractivity contribution < 1.29 is 13.2 Å². The number of aryl methyl sites for hydroxylation is 2. The first kappa shape index (κ1) is 18.2. The van der Waals surface area contributed by atoms with Crippen molar-refractivity contribution in [1.29, 1.82) is 0 Å². The molecule has 1 aromatic heterocycles. The number of nitrogens with zero attached hydrogens (tertiary/aromatic N) is 2. The first-order valence-corrected chi connectivity index (χ1v) is 9.24. The van der Waals surface area contributed by atoms with Crippen molar-refractivity contribution in [3.63, 3.8) is 0 Å². The number of benzene rings is 1. The van der Waals surface area contributed by atoms with Crippen molar-refractivity contribution >= 4 is 15.9 Å². The van der Waals surface area contributed by atoms with Gasteiger partial charge in [0.05, 0.1) is 11.2 Å². The fraction of sp³-hybridized carbons (Fsp3) is 0.375. The van der Waals surface area contributed by atoms with E-state index in [1.165, 1.54) is 0 Å². The zero-order valence-corrected chi connectivity index (χ0v) is 14.4. The topological polar surface area (TPSA) is 93.1 Å². The summed E-state index contributed by atoms with van der Waals surface area (Å²) in [6.07, 6.45) is 6.19. The molecule has 0 aliphatic carbocycles. The number of amides is 1. The zero-order chi connectivity index (χ0) is 17.4. The summed E-state index contributed by atoms with van der Waals surface area (Å²) >= 11 is 0. The van der Waals surface area contributed by atoms with Crippen molar-refractivity contribution in [2.45, 2.75) is 31.2 Å². The van der Waals surface area contributed by atoms with Gasteiger partial charge in [0, 0.05) is 38.4 Å². The molecule has 7 nitrogen and oxygen atoms in total. The summed E-state index contributed by atoms with van der Waals surface area (Å²) in [6.45, 7) is 3.28. The van der Waals surface area contributed by atoms with Crippen LogP contribution in [-0.4, -0.2) is 37.0 Å². The number of carbonyl (C=O) groups excluding carboxylic acids is 1. The maximum Gasteiger partial charge on any atom is 0.240 e. The number of hydrogen-bond donors (Lipinski definition) is 2. The molecule has 0 saturated heterocycles. The van der Waals surface area contributed by atoms with Crippen LogP contribution in [-0.2, 0) is 21.4 Å². The molecule has 0 fully saturated rings. The molecule has 2 rings (SSSR count). The number of carbonyl (C=O) groups is 1. The second-order valence-corrected chi connectivity index (χ2v) is 7.23. The second kappa shape index (κ2) is 8.60. The van der Waals surface area contributed by atoms with E-state index in [0.717, 1.165) is 18.5 Å². The lowest BCUT2D eigenvalue weighted by molar-refractivity contribution is -0.120. The molecule has 0 aliphatic rings. The Balaban J connectivity index is 1.65. The maximum atomic E-state index is 12.1. The Kier molecular flexibility index (Phi) is 6.51. The van der Waals surface area contributed by atoms with Crippen molar-refractivity contribution in [2.75, 3.05) is 13.1 Å². The Bertz CT molecular complexity index is 740. The van der Waals surface area contributed by atoms with E-state index in [4.69, 9.17) is 0 Å². The molecule has 0 unspecified atom stereocenters. The molecule has 24 heavy (non-hydrogen) atoms. The average Bonchev–Trinajstić information content (AvgIpc) is 3.05. The monoisotopic (exact) mass is 350 g/mol. The van der Waals surface area contributed by atoms with E-state index >= 15 is 0 Å². The number of nitrogens with one attached hydrogen (secondary N) is 2. The van der Waals surface area contributed by atoms with Gasteiger partial charge >= 0.3 is 0 Å². The van der Waals surface area contributed by atoms with E-state index in [9.17, 15) is 13.2 Å². The van der Waals surface area contributed by atoms with Crippen molar-refractivity contribution in [3.05, 3.63) is 48.5 Å². The van der Waals surface area contributed by atoms with Crippen LogP contribution in [0.3, 0.4) is 0 Å². The summed E-state index contributed by atoms with van der Waals surface area (Å²) in [6, 6.07) is 6.57. The molecule has 0 spiro atoms. The molecule has 2 aromatic rings. The molecule has 2 N–H and O–H groups in total. The van der Waals surface area contributed by atoms with Gasteiger partial charge in [-0.05, 0) is 25.5 Å². The van der Waals surface area contributed by atoms with Gasteiger partial charge in [-0.1, -0.05) is 17.7 Å². The highest BCUT2D eigenvalue weighted by Gasteiger charge is 2.13. The number of rotatable bonds is 9. The molecular weight excluding hydrogens is 328 g/mol. The van der Waals surface area contributed by atoms with Crippen molar-refractivity contribution in [3.8, 4) is 0 Å². The van der Waals surface area contributed by atoms with Crippen LogP contribution in [0.25, 0.3) is 0 Å². The highest BCUT2D eigenvalue weighted by Crippen LogP contribution is 2.09. The van der Waals surface area contributed by atoms with Gasteiger partial charge in [-0.2, -0.15) is 0 Å². The zero-order valence-electron chi connectivity index (χ0n) is 13.6. The molecule has 1 aromatic carbocycles. The Labute approximate surface area is 142 Å². The molecular formula is C16H22N4O3S. The Morgan fingerprint density at radius 3 is 2.62 bits per heavy atom. The van der Waals surface area contributed by atoms with E-state index in [0.29, 0.717) is 6.54 Å². The third-order valence-corrected chi connectivity index (χ3v) is 4.93. The van der Waals surface area contributed by atoms with Gasteiger partial charge in [0.1, 0.15) is 0 Å². The van der Waals surface area contributed by atoms with Crippen molar-refractivity contribution in [2.24, 2.45) is 0 Å². The SMILES string of the molecule is Cc1ccc(S(=O)(=O)NCCC(=O)NCCCn2ccnc2)cc1. The van der Waals surface area contributed by atoms with Crippen LogP contribution < -0.4 is 10.0 Å². The van der Waals surface area contributed by atoms with Gasteiger partial charge in [-0.15, -0.1) is 0 Å². The van der Waals surface area contributed by atoms with E-state index in [1.807, 2.05) is 17.7 Å². The Morgan fingerprint density at radius 1 is 1.21 bits per heavy atom. The quantitative estimate of drug-likeness (QED) is 0.662. The van der Waals surface area contributed by atoms with Crippen LogP contribution in [0.2, 0.25) is 0 Å². The minimum Gasteiger partial charge on any atom is -0.356 e. The molecule has 1 amide bonds. The van der Waals surface area contributed by atoms with Crippen LogP contribution in [0.5, 0.6) is 0 Å². The Morgan fingerprint density at radius 2 is 1.96 bits per heavy atom. The summed E-state index contributed by atoms with van der Waals surface area (Å²) in [5.74, 6) is -0.174. The summed E-state index contributed by atoms with van der Waals surface area (Å²) in [4.78, 5) is 15.8.